The molecule has 3 aromatic carbocycles. The van der Waals surface area contributed by atoms with E-state index in [2.05, 4.69) is 0 Å². The maximum Gasteiger partial charge on any atom is 0.194 e. The average molecular weight is 547 g/mol. The Bertz CT molecular complexity index is 1440. The van der Waals surface area contributed by atoms with Crippen molar-refractivity contribution in [2.75, 3.05) is 0 Å². The predicted molar refractivity (Wildman–Crippen MR) is 140 cm³/mol. The van der Waals surface area contributed by atoms with E-state index >= 15 is 4.39 Å². The Hall–Kier alpha value is -2.80. The Balaban J connectivity index is 1.24. The van der Waals surface area contributed by atoms with Gasteiger partial charge in [0.15, 0.2) is 17.5 Å². The first-order valence-corrected chi connectivity index (χ1v) is 13.9. The number of hydrogen-bond acceptors (Lipinski definition) is 1. The van der Waals surface area contributed by atoms with E-state index < -0.39 is 29.1 Å². The van der Waals surface area contributed by atoms with Gasteiger partial charge in [0.2, 0.25) is 0 Å². The van der Waals surface area contributed by atoms with Gasteiger partial charge < -0.3 is 0 Å². The molecule has 4 aromatic rings. The van der Waals surface area contributed by atoms with Gasteiger partial charge in [-0.1, -0.05) is 25.5 Å². The molecule has 200 valence electrons. The third kappa shape index (κ3) is 5.35. The molecule has 1 aliphatic rings. The molecule has 0 unspecified atom stereocenters. The number of thiophene rings is 1. The summed E-state index contributed by atoms with van der Waals surface area (Å²) in [5.41, 5.74) is 2.44. The standard InChI is InChI=1S/C31H28F6S/c1-2-3-17-12-24(33)28-27(15-17)38-31(30(28)37)21-9-6-19(7-10-21)22-11-8-20(23(32)16-22)5-4-18-13-25(34)29(36)26(35)14-18/h8,11-16,19,21H,2-7,9-10H2,1H3. The molecular weight excluding hydrogens is 518 g/mol. The predicted octanol–water partition coefficient (Wildman–Crippen LogP) is 9.91. The minimum Gasteiger partial charge on any atom is -0.207 e. The maximum atomic E-state index is 15.2. The molecule has 1 fully saturated rings. The molecule has 0 saturated heterocycles. The van der Waals surface area contributed by atoms with Gasteiger partial charge in [-0.15, -0.1) is 11.3 Å². The first-order valence-electron chi connectivity index (χ1n) is 13.1. The van der Waals surface area contributed by atoms with Crippen LogP contribution in [0, 0.1) is 34.9 Å². The number of halogens is 6. The highest BCUT2D eigenvalue weighted by Gasteiger charge is 2.29. The van der Waals surface area contributed by atoms with Crippen LogP contribution in [0.5, 0.6) is 0 Å². The highest BCUT2D eigenvalue weighted by atomic mass is 32.1. The zero-order chi connectivity index (χ0) is 27.0. The van der Waals surface area contributed by atoms with Crippen molar-refractivity contribution in [3.8, 4) is 0 Å². The average Bonchev–Trinajstić information content (AvgIpc) is 3.23. The Morgan fingerprint density at radius 2 is 1.29 bits per heavy atom. The number of rotatable bonds is 7. The van der Waals surface area contributed by atoms with E-state index in [1.165, 1.54) is 23.5 Å². The van der Waals surface area contributed by atoms with Crippen LogP contribution in [-0.4, -0.2) is 0 Å². The van der Waals surface area contributed by atoms with Gasteiger partial charge in [0, 0.05) is 9.58 Å². The van der Waals surface area contributed by atoms with Gasteiger partial charge in [-0.3, -0.25) is 0 Å². The van der Waals surface area contributed by atoms with Gasteiger partial charge in [0.05, 0.1) is 5.39 Å². The van der Waals surface area contributed by atoms with E-state index in [0.717, 1.165) is 61.8 Å². The number of fused-ring (bicyclic) bond motifs is 1. The van der Waals surface area contributed by atoms with E-state index in [1.807, 2.05) is 19.1 Å². The lowest BCUT2D eigenvalue weighted by molar-refractivity contribution is 0.391. The summed E-state index contributed by atoms with van der Waals surface area (Å²) in [6.45, 7) is 2.03. The van der Waals surface area contributed by atoms with E-state index in [1.54, 1.807) is 6.07 Å². The molecule has 1 saturated carbocycles. The molecule has 0 spiro atoms. The van der Waals surface area contributed by atoms with Gasteiger partial charge in [-0.2, -0.15) is 0 Å². The lowest BCUT2D eigenvalue weighted by Crippen LogP contribution is -2.12. The van der Waals surface area contributed by atoms with Gasteiger partial charge >= 0.3 is 0 Å². The van der Waals surface area contributed by atoms with Crippen molar-refractivity contribution in [1.29, 1.82) is 0 Å². The molecule has 0 bridgehead atoms. The minimum absolute atomic E-state index is 0.0123. The first kappa shape index (κ1) is 26.8. The summed E-state index contributed by atoms with van der Waals surface area (Å²) in [6.07, 6.45) is 5.08. The molecule has 1 heterocycles. The molecule has 0 aliphatic heterocycles. The second kappa shape index (κ2) is 11.1. The van der Waals surface area contributed by atoms with Crippen LogP contribution in [0.1, 0.15) is 78.0 Å². The molecular formula is C31H28F6S. The molecule has 0 atom stereocenters. The Labute approximate surface area is 222 Å². The third-order valence-corrected chi connectivity index (χ3v) is 8.96. The summed E-state index contributed by atoms with van der Waals surface area (Å²) < 4.78 is 85.5. The van der Waals surface area contributed by atoms with E-state index in [0.29, 0.717) is 15.1 Å². The van der Waals surface area contributed by atoms with Crippen molar-refractivity contribution < 1.29 is 26.3 Å². The van der Waals surface area contributed by atoms with Crippen molar-refractivity contribution in [1.82, 2.24) is 0 Å². The summed E-state index contributed by atoms with van der Waals surface area (Å²) in [7, 11) is 0. The van der Waals surface area contributed by atoms with Crippen LogP contribution < -0.4 is 0 Å². The monoisotopic (exact) mass is 546 g/mol. The fourth-order valence-electron chi connectivity index (χ4n) is 5.65. The smallest absolute Gasteiger partial charge is 0.194 e. The Morgan fingerprint density at radius 1 is 0.658 bits per heavy atom. The summed E-state index contributed by atoms with van der Waals surface area (Å²) in [4.78, 5) is 0.612. The van der Waals surface area contributed by atoms with Crippen molar-refractivity contribution in [3.05, 3.63) is 104 Å². The van der Waals surface area contributed by atoms with Crippen molar-refractivity contribution >= 4 is 21.4 Å². The van der Waals surface area contributed by atoms with Crippen LogP contribution in [0.25, 0.3) is 10.1 Å². The topological polar surface area (TPSA) is 0 Å². The van der Waals surface area contributed by atoms with Gasteiger partial charge in [-0.05, 0) is 109 Å². The quantitative estimate of drug-likeness (QED) is 0.160. The molecule has 5 rings (SSSR count). The lowest BCUT2D eigenvalue weighted by Gasteiger charge is -2.28. The second-order valence-corrected chi connectivity index (χ2v) is 11.3. The van der Waals surface area contributed by atoms with Crippen LogP contribution in [0.4, 0.5) is 26.3 Å². The molecule has 0 amide bonds. The molecule has 1 aliphatic carbocycles. The molecule has 0 radical (unpaired) electrons. The van der Waals surface area contributed by atoms with Crippen molar-refractivity contribution in [2.24, 2.45) is 0 Å². The van der Waals surface area contributed by atoms with Gasteiger partial charge in [0.25, 0.3) is 0 Å². The minimum atomic E-state index is -1.51. The first-order chi connectivity index (χ1) is 18.2. The molecule has 0 N–H and O–H groups in total. The summed E-state index contributed by atoms with van der Waals surface area (Å²) in [5.74, 6) is -5.19. The highest BCUT2D eigenvalue weighted by molar-refractivity contribution is 7.19. The largest absolute Gasteiger partial charge is 0.207 e. The van der Waals surface area contributed by atoms with Crippen LogP contribution in [0.15, 0.2) is 42.5 Å². The van der Waals surface area contributed by atoms with Crippen molar-refractivity contribution in [3.63, 3.8) is 0 Å². The molecule has 1 aromatic heterocycles. The normalized spacial score (nSPS) is 17.9. The second-order valence-electron chi connectivity index (χ2n) is 10.3. The Kier molecular flexibility index (Phi) is 7.85. The maximum absolute atomic E-state index is 15.2. The third-order valence-electron chi connectivity index (χ3n) is 7.68. The zero-order valence-corrected chi connectivity index (χ0v) is 21.8. The number of benzene rings is 3. The number of hydrogen-bond donors (Lipinski definition) is 0. The van der Waals surface area contributed by atoms with Crippen LogP contribution in [0.2, 0.25) is 0 Å². The van der Waals surface area contributed by atoms with E-state index in [4.69, 9.17) is 0 Å². The molecule has 38 heavy (non-hydrogen) atoms. The highest BCUT2D eigenvalue weighted by Crippen LogP contribution is 2.46. The van der Waals surface area contributed by atoms with E-state index in [-0.39, 0.29) is 41.4 Å². The summed E-state index contributed by atoms with van der Waals surface area (Å²) in [6, 6.07) is 10.3. The molecule has 0 nitrogen and oxygen atoms in total. The fourth-order valence-corrected chi connectivity index (χ4v) is 6.98. The molecule has 7 heteroatoms. The fraction of sp³-hybridized carbons (Fsp3) is 0.355. The van der Waals surface area contributed by atoms with Gasteiger partial charge in [0.1, 0.15) is 17.5 Å². The van der Waals surface area contributed by atoms with Crippen LogP contribution >= 0.6 is 11.3 Å². The van der Waals surface area contributed by atoms with Crippen LogP contribution in [-0.2, 0) is 19.3 Å². The summed E-state index contributed by atoms with van der Waals surface area (Å²) in [5, 5.41) is 0.0933. The van der Waals surface area contributed by atoms with E-state index in [9.17, 15) is 22.0 Å². The number of aryl methyl sites for hydroxylation is 3. The SMILES string of the molecule is CCCc1cc(F)c2c(F)c(C3CCC(c4ccc(CCc5cc(F)c(F)c(F)c5)c(F)c4)CC3)sc2c1. The van der Waals surface area contributed by atoms with Gasteiger partial charge in [-0.25, -0.2) is 26.3 Å². The lowest BCUT2D eigenvalue weighted by atomic mass is 9.78. The van der Waals surface area contributed by atoms with Crippen molar-refractivity contribution in [2.45, 2.75) is 70.1 Å². The Morgan fingerprint density at radius 3 is 1.95 bits per heavy atom. The van der Waals surface area contributed by atoms with Crippen LogP contribution in [0.3, 0.4) is 0 Å². The zero-order valence-electron chi connectivity index (χ0n) is 21.0. The summed E-state index contributed by atoms with van der Waals surface area (Å²) >= 11 is 1.35.